The van der Waals surface area contributed by atoms with Gasteiger partial charge in [-0.25, -0.2) is 4.39 Å². The summed E-state index contributed by atoms with van der Waals surface area (Å²) in [6.45, 7) is 3.90. The van der Waals surface area contributed by atoms with E-state index in [1.54, 1.807) is 7.05 Å². The molecule has 2 aromatic carbocycles. The maximum atomic E-state index is 13.8. The minimum atomic E-state index is -0.569. The number of benzene rings is 2. The Bertz CT molecular complexity index is 668. The molecule has 0 bridgehead atoms. The second kappa shape index (κ2) is 5.33. The van der Waals surface area contributed by atoms with Crippen LogP contribution in [0.1, 0.15) is 21.5 Å². The number of anilines is 2. The lowest BCUT2D eigenvalue weighted by molar-refractivity contribution is 0.0989. The molecule has 4 heteroatoms. The first-order valence-corrected chi connectivity index (χ1v) is 6.30. The third-order valence-corrected chi connectivity index (χ3v) is 3.24. The zero-order valence-electron chi connectivity index (χ0n) is 11.8. The van der Waals surface area contributed by atoms with Gasteiger partial charge in [0.1, 0.15) is 5.82 Å². The molecule has 2 aromatic rings. The van der Waals surface area contributed by atoms with Gasteiger partial charge in [0.05, 0.1) is 5.56 Å². The number of hydrogen-bond acceptors (Lipinski definition) is 2. The summed E-state index contributed by atoms with van der Waals surface area (Å²) >= 11 is 0. The van der Waals surface area contributed by atoms with E-state index >= 15 is 0 Å². The second-order valence-electron chi connectivity index (χ2n) is 4.89. The van der Waals surface area contributed by atoms with Crippen LogP contribution in [-0.4, -0.2) is 13.0 Å². The van der Waals surface area contributed by atoms with E-state index < -0.39 is 11.7 Å². The van der Waals surface area contributed by atoms with Crippen LogP contribution in [0.5, 0.6) is 0 Å². The Balaban J connectivity index is 2.40. The van der Waals surface area contributed by atoms with Gasteiger partial charge in [-0.15, -0.1) is 0 Å². The maximum absolute atomic E-state index is 13.8. The van der Waals surface area contributed by atoms with Crippen LogP contribution in [-0.2, 0) is 0 Å². The minimum Gasteiger partial charge on any atom is -0.399 e. The van der Waals surface area contributed by atoms with E-state index in [2.05, 4.69) is 0 Å². The number of nitrogens with two attached hydrogens (primary N) is 1. The van der Waals surface area contributed by atoms with Crippen LogP contribution in [0.3, 0.4) is 0 Å². The summed E-state index contributed by atoms with van der Waals surface area (Å²) in [4.78, 5) is 13.8. The third-order valence-electron chi connectivity index (χ3n) is 3.24. The SMILES string of the molecule is Cc1ccc(N(C)C(=O)c2cc(N)ccc2F)c(C)c1. The Kier molecular flexibility index (Phi) is 3.74. The quantitative estimate of drug-likeness (QED) is 0.853. The summed E-state index contributed by atoms with van der Waals surface area (Å²) in [5.41, 5.74) is 8.79. The van der Waals surface area contributed by atoms with Crippen molar-refractivity contribution in [1.82, 2.24) is 0 Å². The molecule has 2 N–H and O–H groups in total. The molecule has 104 valence electrons. The van der Waals surface area contributed by atoms with Crippen LogP contribution < -0.4 is 10.6 Å². The van der Waals surface area contributed by atoms with E-state index in [1.807, 2.05) is 32.0 Å². The Morgan fingerprint density at radius 2 is 1.85 bits per heavy atom. The molecule has 1 amide bonds. The zero-order chi connectivity index (χ0) is 14.9. The molecule has 0 aliphatic rings. The Labute approximate surface area is 117 Å². The van der Waals surface area contributed by atoms with Gasteiger partial charge in [0, 0.05) is 18.4 Å². The summed E-state index contributed by atoms with van der Waals surface area (Å²) in [7, 11) is 1.63. The number of carbonyl (C=O) groups is 1. The predicted octanol–water partition coefficient (Wildman–Crippen LogP) is 3.30. The van der Waals surface area contributed by atoms with Crippen molar-refractivity contribution >= 4 is 17.3 Å². The van der Waals surface area contributed by atoms with E-state index in [0.29, 0.717) is 5.69 Å². The molecular formula is C16H17FN2O. The van der Waals surface area contributed by atoms with Crippen molar-refractivity contribution in [1.29, 1.82) is 0 Å². The molecule has 0 spiro atoms. The highest BCUT2D eigenvalue weighted by Crippen LogP contribution is 2.23. The number of rotatable bonds is 2. The van der Waals surface area contributed by atoms with E-state index in [-0.39, 0.29) is 5.56 Å². The Hall–Kier alpha value is -2.36. The fourth-order valence-electron chi connectivity index (χ4n) is 2.18. The Morgan fingerprint density at radius 1 is 1.15 bits per heavy atom. The summed E-state index contributed by atoms with van der Waals surface area (Å²) < 4.78 is 13.8. The van der Waals surface area contributed by atoms with Gasteiger partial charge >= 0.3 is 0 Å². The molecule has 0 saturated carbocycles. The fraction of sp³-hybridized carbons (Fsp3) is 0.188. The minimum absolute atomic E-state index is 0.0209. The van der Waals surface area contributed by atoms with Crippen molar-refractivity contribution in [3.8, 4) is 0 Å². The number of aryl methyl sites for hydroxylation is 2. The average Bonchev–Trinajstić information content (AvgIpc) is 2.40. The fourth-order valence-corrected chi connectivity index (χ4v) is 2.18. The van der Waals surface area contributed by atoms with Crippen molar-refractivity contribution < 1.29 is 9.18 Å². The van der Waals surface area contributed by atoms with Gasteiger partial charge < -0.3 is 10.6 Å². The average molecular weight is 272 g/mol. The summed E-state index contributed by atoms with van der Waals surface area (Å²) in [5.74, 6) is -0.984. The van der Waals surface area contributed by atoms with Crippen molar-refractivity contribution in [2.45, 2.75) is 13.8 Å². The first-order valence-electron chi connectivity index (χ1n) is 6.30. The molecule has 0 heterocycles. The molecule has 0 aliphatic carbocycles. The van der Waals surface area contributed by atoms with Crippen molar-refractivity contribution in [2.75, 3.05) is 17.7 Å². The van der Waals surface area contributed by atoms with E-state index in [1.165, 1.54) is 23.1 Å². The predicted molar refractivity (Wildman–Crippen MR) is 79.5 cm³/mol. The zero-order valence-corrected chi connectivity index (χ0v) is 11.8. The van der Waals surface area contributed by atoms with Crippen LogP contribution in [0, 0.1) is 19.7 Å². The first kappa shape index (κ1) is 14.1. The number of nitrogens with zero attached hydrogens (tertiary/aromatic N) is 1. The molecule has 3 nitrogen and oxygen atoms in total. The second-order valence-corrected chi connectivity index (χ2v) is 4.89. The van der Waals surface area contributed by atoms with Crippen LogP contribution in [0.4, 0.5) is 15.8 Å². The van der Waals surface area contributed by atoms with E-state index in [4.69, 9.17) is 5.73 Å². The molecular weight excluding hydrogens is 255 g/mol. The normalized spacial score (nSPS) is 10.4. The molecule has 0 unspecified atom stereocenters. The topological polar surface area (TPSA) is 46.3 Å². The number of carbonyl (C=O) groups excluding carboxylic acids is 1. The standard InChI is InChI=1S/C16H17FN2O/c1-10-4-7-15(11(2)8-10)19(3)16(20)13-9-12(18)5-6-14(13)17/h4-9H,18H2,1-3H3. The van der Waals surface area contributed by atoms with Crippen molar-refractivity contribution in [3.63, 3.8) is 0 Å². The van der Waals surface area contributed by atoms with Gasteiger partial charge in [0.25, 0.3) is 5.91 Å². The summed E-state index contributed by atoms with van der Waals surface area (Å²) in [6, 6.07) is 9.75. The molecule has 0 fully saturated rings. The number of nitrogen functional groups attached to an aromatic ring is 1. The first-order chi connectivity index (χ1) is 9.40. The van der Waals surface area contributed by atoms with Gasteiger partial charge in [0.2, 0.25) is 0 Å². The van der Waals surface area contributed by atoms with Crippen molar-refractivity contribution in [3.05, 3.63) is 58.9 Å². The Morgan fingerprint density at radius 3 is 2.50 bits per heavy atom. The van der Waals surface area contributed by atoms with Gasteiger partial charge in [-0.2, -0.15) is 0 Å². The monoisotopic (exact) mass is 272 g/mol. The largest absolute Gasteiger partial charge is 0.399 e. The number of halogens is 1. The molecule has 0 radical (unpaired) electrons. The molecule has 0 aliphatic heterocycles. The van der Waals surface area contributed by atoms with E-state index in [0.717, 1.165) is 16.8 Å². The van der Waals surface area contributed by atoms with Crippen LogP contribution in [0.2, 0.25) is 0 Å². The van der Waals surface area contributed by atoms with Crippen LogP contribution >= 0.6 is 0 Å². The van der Waals surface area contributed by atoms with Gasteiger partial charge in [-0.1, -0.05) is 17.7 Å². The smallest absolute Gasteiger partial charge is 0.261 e. The molecule has 20 heavy (non-hydrogen) atoms. The van der Waals surface area contributed by atoms with Crippen molar-refractivity contribution in [2.24, 2.45) is 0 Å². The van der Waals surface area contributed by atoms with Gasteiger partial charge in [-0.05, 0) is 43.7 Å². The summed E-state index contributed by atoms with van der Waals surface area (Å²) in [5, 5.41) is 0. The highest BCUT2D eigenvalue weighted by atomic mass is 19.1. The lowest BCUT2D eigenvalue weighted by Crippen LogP contribution is -2.27. The highest BCUT2D eigenvalue weighted by molar-refractivity contribution is 6.06. The lowest BCUT2D eigenvalue weighted by Gasteiger charge is -2.20. The third kappa shape index (κ3) is 2.64. The summed E-state index contributed by atoms with van der Waals surface area (Å²) in [6.07, 6.45) is 0. The highest BCUT2D eigenvalue weighted by Gasteiger charge is 2.19. The van der Waals surface area contributed by atoms with Gasteiger partial charge in [0.15, 0.2) is 0 Å². The molecule has 0 aromatic heterocycles. The van der Waals surface area contributed by atoms with E-state index in [9.17, 15) is 9.18 Å². The number of hydrogen-bond donors (Lipinski definition) is 1. The van der Waals surface area contributed by atoms with Gasteiger partial charge in [-0.3, -0.25) is 4.79 Å². The molecule has 0 atom stereocenters. The maximum Gasteiger partial charge on any atom is 0.261 e. The lowest BCUT2D eigenvalue weighted by atomic mass is 10.1. The molecule has 2 rings (SSSR count). The molecule has 0 saturated heterocycles. The number of amides is 1. The van der Waals surface area contributed by atoms with Crippen LogP contribution in [0.25, 0.3) is 0 Å². The van der Waals surface area contributed by atoms with Crippen LogP contribution in [0.15, 0.2) is 36.4 Å².